The van der Waals surface area contributed by atoms with Crippen LogP contribution in [0.2, 0.25) is 0 Å². The molecule has 3 aromatic heterocycles. The fourth-order valence-corrected chi connectivity index (χ4v) is 3.28. The van der Waals surface area contributed by atoms with Gasteiger partial charge in [-0.2, -0.15) is 10.2 Å². The van der Waals surface area contributed by atoms with Crippen LogP contribution in [-0.4, -0.2) is 42.1 Å². The van der Waals surface area contributed by atoms with Crippen molar-refractivity contribution in [3.05, 3.63) is 73.1 Å². The number of aryl methyl sites for hydroxylation is 1. The van der Waals surface area contributed by atoms with Crippen molar-refractivity contribution >= 4 is 5.91 Å². The molecule has 8 heteroatoms. The summed E-state index contributed by atoms with van der Waals surface area (Å²) in [5.74, 6) is 0.903. The Labute approximate surface area is 168 Å². The van der Waals surface area contributed by atoms with Crippen LogP contribution in [-0.2, 0) is 17.9 Å². The van der Waals surface area contributed by atoms with Crippen LogP contribution in [0.5, 0.6) is 0 Å². The van der Waals surface area contributed by atoms with Crippen molar-refractivity contribution in [1.29, 1.82) is 0 Å². The van der Waals surface area contributed by atoms with Crippen LogP contribution in [0.15, 0.2) is 67.5 Å². The van der Waals surface area contributed by atoms with E-state index in [2.05, 4.69) is 32.6 Å². The Morgan fingerprint density at radius 2 is 1.97 bits per heavy atom. The summed E-state index contributed by atoms with van der Waals surface area (Å²) in [6.45, 7) is 1.36. The van der Waals surface area contributed by atoms with E-state index in [0.717, 1.165) is 29.1 Å². The van der Waals surface area contributed by atoms with Crippen molar-refractivity contribution in [2.45, 2.75) is 25.9 Å². The molecule has 0 aliphatic heterocycles. The first-order valence-electron chi connectivity index (χ1n) is 9.57. The topological polar surface area (TPSA) is 82.6 Å². The van der Waals surface area contributed by atoms with Crippen LogP contribution in [0, 0.1) is 0 Å². The smallest absolute Gasteiger partial charge is 0.219 e. The lowest BCUT2D eigenvalue weighted by Gasteiger charge is -2.11. The number of rotatable bonds is 8. The normalized spacial score (nSPS) is 10.9. The molecule has 0 aliphatic rings. The first kappa shape index (κ1) is 18.7. The minimum absolute atomic E-state index is 0.0445. The van der Waals surface area contributed by atoms with Crippen LogP contribution >= 0.6 is 0 Å². The van der Waals surface area contributed by atoms with E-state index < -0.39 is 0 Å². The third kappa shape index (κ3) is 4.26. The maximum Gasteiger partial charge on any atom is 0.219 e. The minimum atomic E-state index is 0.0445. The number of hydrogen-bond donors (Lipinski definition) is 1. The van der Waals surface area contributed by atoms with Crippen molar-refractivity contribution in [2.75, 3.05) is 7.05 Å². The van der Waals surface area contributed by atoms with Crippen molar-refractivity contribution < 1.29 is 4.79 Å². The van der Waals surface area contributed by atoms with Crippen molar-refractivity contribution in [1.82, 2.24) is 34.4 Å². The minimum Gasteiger partial charge on any atom is -0.359 e. The van der Waals surface area contributed by atoms with Gasteiger partial charge >= 0.3 is 0 Å². The number of nitrogens with one attached hydrogen (secondary N) is 1. The molecule has 1 N–H and O–H groups in total. The molecule has 8 nitrogen and oxygen atoms in total. The molecular formula is C21H23N7O. The van der Waals surface area contributed by atoms with E-state index >= 15 is 0 Å². The van der Waals surface area contributed by atoms with Gasteiger partial charge in [-0.15, -0.1) is 0 Å². The van der Waals surface area contributed by atoms with E-state index in [4.69, 9.17) is 0 Å². The standard InChI is InChI=1S/C21H23N7O/c1-22-20(29)8-4-11-27-16-18(14-25-27)28-13-10-23-21(28)19-7-3-2-6-17(19)15-26-12-5-9-24-26/h2-3,5-7,9-10,12-14,16H,4,8,11,15H2,1H3,(H,22,29). The molecule has 1 aromatic carbocycles. The van der Waals surface area contributed by atoms with E-state index in [1.54, 1.807) is 19.4 Å². The van der Waals surface area contributed by atoms with E-state index in [-0.39, 0.29) is 5.91 Å². The second kappa shape index (κ2) is 8.55. The first-order valence-corrected chi connectivity index (χ1v) is 9.57. The number of imidazole rings is 1. The van der Waals surface area contributed by atoms with Gasteiger partial charge < -0.3 is 5.32 Å². The van der Waals surface area contributed by atoms with Gasteiger partial charge in [0, 0.05) is 56.6 Å². The van der Waals surface area contributed by atoms with Gasteiger partial charge in [-0.3, -0.25) is 18.7 Å². The summed E-state index contributed by atoms with van der Waals surface area (Å²) in [5.41, 5.74) is 3.13. The van der Waals surface area contributed by atoms with E-state index in [1.165, 1.54) is 0 Å². The Morgan fingerprint density at radius 1 is 1.07 bits per heavy atom. The zero-order valence-corrected chi connectivity index (χ0v) is 16.3. The largest absolute Gasteiger partial charge is 0.359 e. The third-order valence-corrected chi connectivity index (χ3v) is 4.76. The Bertz CT molecular complexity index is 1080. The maximum atomic E-state index is 11.4. The molecule has 148 valence electrons. The number of benzene rings is 1. The Morgan fingerprint density at radius 3 is 2.79 bits per heavy atom. The molecule has 3 heterocycles. The zero-order chi connectivity index (χ0) is 20.1. The number of nitrogens with zero attached hydrogens (tertiary/aromatic N) is 6. The van der Waals surface area contributed by atoms with Crippen molar-refractivity contribution in [3.63, 3.8) is 0 Å². The van der Waals surface area contributed by atoms with Gasteiger partial charge in [-0.05, 0) is 18.1 Å². The predicted octanol–water partition coefficient (Wildman–Crippen LogP) is 2.51. The highest BCUT2D eigenvalue weighted by molar-refractivity contribution is 5.75. The number of aromatic nitrogens is 6. The Kier molecular flexibility index (Phi) is 5.51. The van der Waals surface area contributed by atoms with Gasteiger partial charge in [0.1, 0.15) is 5.82 Å². The third-order valence-electron chi connectivity index (χ3n) is 4.76. The highest BCUT2D eigenvalue weighted by Crippen LogP contribution is 2.25. The quantitative estimate of drug-likeness (QED) is 0.502. The molecule has 4 aromatic rings. The van der Waals surface area contributed by atoms with Crippen LogP contribution < -0.4 is 5.32 Å². The summed E-state index contributed by atoms with van der Waals surface area (Å²) in [6, 6.07) is 10.1. The van der Waals surface area contributed by atoms with Gasteiger partial charge in [0.05, 0.1) is 18.4 Å². The number of carbonyl (C=O) groups excluding carboxylic acids is 1. The number of hydrogen-bond acceptors (Lipinski definition) is 4. The second-order valence-corrected chi connectivity index (χ2v) is 6.72. The van der Waals surface area contributed by atoms with Gasteiger partial charge in [-0.25, -0.2) is 4.98 Å². The maximum absolute atomic E-state index is 11.4. The number of carbonyl (C=O) groups is 1. The molecule has 0 aliphatic carbocycles. The van der Waals surface area contributed by atoms with E-state index in [1.807, 2.05) is 56.9 Å². The molecule has 0 radical (unpaired) electrons. The monoisotopic (exact) mass is 389 g/mol. The lowest BCUT2D eigenvalue weighted by Crippen LogP contribution is -2.17. The van der Waals surface area contributed by atoms with Crippen LogP contribution in [0.25, 0.3) is 17.1 Å². The molecule has 0 unspecified atom stereocenters. The SMILES string of the molecule is CNC(=O)CCCn1cc(-n2ccnc2-c2ccccc2Cn2cccn2)cn1. The molecule has 0 spiro atoms. The molecular weight excluding hydrogens is 366 g/mol. The lowest BCUT2D eigenvalue weighted by molar-refractivity contribution is -0.120. The molecule has 1 amide bonds. The average molecular weight is 389 g/mol. The summed E-state index contributed by atoms with van der Waals surface area (Å²) in [4.78, 5) is 16.0. The summed E-state index contributed by atoms with van der Waals surface area (Å²) < 4.78 is 5.79. The molecule has 4 rings (SSSR count). The number of amides is 1. The first-order chi connectivity index (χ1) is 14.2. The highest BCUT2D eigenvalue weighted by Gasteiger charge is 2.13. The van der Waals surface area contributed by atoms with Crippen molar-refractivity contribution in [2.24, 2.45) is 0 Å². The van der Waals surface area contributed by atoms with Gasteiger partial charge in [0.15, 0.2) is 0 Å². The van der Waals surface area contributed by atoms with E-state index in [0.29, 0.717) is 19.5 Å². The van der Waals surface area contributed by atoms with Gasteiger partial charge in [-0.1, -0.05) is 24.3 Å². The summed E-state index contributed by atoms with van der Waals surface area (Å²) in [5, 5.41) is 11.4. The van der Waals surface area contributed by atoms with Crippen molar-refractivity contribution in [3.8, 4) is 17.1 Å². The molecule has 0 bridgehead atoms. The summed E-state index contributed by atoms with van der Waals surface area (Å²) >= 11 is 0. The Balaban J connectivity index is 1.56. The van der Waals surface area contributed by atoms with Gasteiger partial charge in [0.25, 0.3) is 0 Å². The second-order valence-electron chi connectivity index (χ2n) is 6.72. The lowest BCUT2D eigenvalue weighted by atomic mass is 10.1. The van der Waals surface area contributed by atoms with E-state index in [9.17, 15) is 4.79 Å². The highest BCUT2D eigenvalue weighted by atomic mass is 16.1. The summed E-state index contributed by atoms with van der Waals surface area (Å²) in [7, 11) is 1.65. The molecule has 0 atom stereocenters. The van der Waals surface area contributed by atoms with Crippen LogP contribution in [0.3, 0.4) is 0 Å². The molecule has 0 saturated carbocycles. The predicted molar refractivity (Wildman–Crippen MR) is 109 cm³/mol. The van der Waals surface area contributed by atoms with Crippen LogP contribution in [0.4, 0.5) is 0 Å². The molecule has 29 heavy (non-hydrogen) atoms. The Hall–Kier alpha value is -3.68. The zero-order valence-electron chi connectivity index (χ0n) is 16.3. The summed E-state index contributed by atoms with van der Waals surface area (Å²) in [6.07, 6.45) is 12.5. The van der Waals surface area contributed by atoms with Gasteiger partial charge in [0.2, 0.25) is 5.91 Å². The average Bonchev–Trinajstić information content (AvgIpc) is 3.50. The molecule has 0 fully saturated rings. The fourth-order valence-electron chi connectivity index (χ4n) is 3.28. The van der Waals surface area contributed by atoms with Crippen LogP contribution in [0.1, 0.15) is 18.4 Å². The molecule has 0 saturated heterocycles. The fraction of sp³-hybridized carbons (Fsp3) is 0.238.